The first-order chi connectivity index (χ1) is 16.4. The second kappa shape index (κ2) is 10.6. The number of ether oxygens (including phenoxy) is 1. The number of rotatable bonds is 10. The number of aromatic amines is 1. The molecule has 1 aromatic carbocycles. The summed E-state index contributed by atoms with van der Waals surface area (Å²) >= 11 is 0. The van der Waals surface area contributed by atoms with Crippen LogP contribution >= 0.6 is 0 Å². The number of fused-ring (bicyclic) bond motifs is 1. The quantitative estimate of drug-likeness (QED) is 0.297. The van der Waals surface area contributed by atoms with Gasteiger partial charge in [0.05, 0.1) is 12.9 Å². The summed E-state index contributed by atoms with van der Waals surface area (Å²) in [7, 11) is 0. The smallest absolute Gasteiger partial charge is 0.303 e. The number of nitrogens with zero attached hydrogens (tertiary/aromatic N) is 3. The molecule has 0 radical (unpaired) electrons. The van der Waals surface area contributed by atoms with Gasteiger partial charge in [0.1, 0.15) is 5.75 Å². The molecule has 8 nitrogen and oxygen atoms in total. The minimum atomic E-state index is -0.742. The first-order valence-electron chi connectivity index (χ1n) is 12.3. The van der Waals surface area contributed by atoms with E-state index in [1.165, 1.54) is 0 Å². The first kappa shape index (κ1) is 26.4. The maximum absolute atomic E-state index is 11.1. The highest BCUT2D eigenvalue weighted by atomic mass is 16.5. The van der Waals surface area contributed by atoms with Gasteiger partial charge in [-0.15, -0.1) is 0 Å². The Kier molecular flexibility index (Phi) is 8.03. The number of carboxylic acids is 1. The van der Waals surface area contributed by atoms with E-state index in [-0.39, 0.29) is 17.3 Å². The summed E-state index contributed by atoms with van der Waals surface area (Å²) in [6.07, 6.45) is 6.20. The fourth-order valence-corrected chi connectivity index (χ4v) is 4.02. The molecule has 0 aliphatic heterocycles. The van der Waals surface area contributed by atoms with E-state index in [1.807, 2.05) is 12.1 Å². The molecule has 0 fully saturated rings. The van der Waals surface area contributed by atoms with E-state index in [9.17, 15) is 9.90 Å². The summed E-state index contributed by atoms with van der Waals surface area (Å²) in [5.74, 6) is 0.520. The van der Waals surface area contributed by atoms with Crippen molar-refractivity contribution in [2.45, 2.75) is 90.9 Å². The summed E-state index contributed by atoms with van der Waals surface area (Å²) in [5.41, 5.74) is 3.17. The SMILES string of the molecule is CC(C)(C)c1cc(-c2nc(OCCCCCCCC(=O)O)c3nc[nH]c3n2)cc(C(C)(C)C)c1O. The molecular formula is C27H38N4O4. The van der Waals surface area contributed by atoms with Gasteiger partial charge in [0, 0.05) is 23.1 Å². The van der Waals surface area contributed by atoms with Gasteiger partial charge in [0.15, 0.2) is 17.0 Å². The van der Waals surface area contributed by atoms with Crippen LogP contribution in [0.4, 0.5) is 0 Å². The van der Waals surface area contributed by atoms with Crippen LogP contribution in [-0.4, -0.2) is 42.7 Å². The molecule has 0 aliphatic rings. The number of hydrogen-bond acceptors (Lipinski definition) is 6. The fourth-order valence-electron chi connectivity index (χ4n) is 4.02. The van der Waals surface area contributed by atoms with E-state index in [0.29, 0.717) is 41.6 Å². The summed E-state index contributed by atoms with van der Waals surface area (Å²) in [5, 5.41) is 19.8. The van der Waals surface area contributed by atoms with Gasteiger partial charge < -0.3 is 19.9 Å². The van der Waals surface area contributed by atoms with Crippen molar-refractivity contribution in [3.63, 3.8) is 0 Å². The Morgan fingerprint density at radius 1 is 0.943 bits per heavy atom. The lowest BCUT2D eigenvalue weighted by Gasteiger charge is -2.28. The Morgan fingerprint density at radius 2 is 1.54 bits per heavy atom. The maximum Gasteiger partial charge on any atom is 0.303 e. The second-order valence-corrected chi connectivity index (χ2v) is 11.1. The highest BCUT2D eigenvalue weighted by Gasteiger charge is 2.27. The van der Waals surface area contributed by atoms with Crippen LogP contribution < -0.4 is 4.74 Å². The van der Waals surface area contributed by atoms with Crippen molar-refractivity contribution in [3.8, 4) is 23.0 Å². The van der Waals surface area contributed by atoms with Crippen LogP contribution in [0.1, 0.15) is 91.2 Å². The van der Waals surface area contributed by atoms with E-state index >= 15 is 0 Å². The van der Waals surface area contributed by atoms with Crippen molar-refractivity contribution in [1.29, 1.82) is 0 Å². The van der Waals surface area contributed by atoms with Crippen molar-refractivity contribution in [2.24, 2.45) is 0 Å². The van der Waals surface area contributed by atoms with Crippen LogP contribution in [-0.2, 0) is 15.6 Å². The largest absolute Gasteiger partial charge is 0.507 e. The van der Waals surface area contributed by atoms with Gasteiger partial charge in [-0.05, 0) is 35.8 Å². The maximum atomic E-state index is 11.1. The molecule has 35 heavy (non-hydrogen) atoms. The average Bonchev–Trinajstić information content (AvgIpc) is 3.22. The summed E-state index contributed by atoms with van der Waals surface area (Å²) in [6, 6.07) is 3.92. The predicted molar refractivity (Wildman–Crippen MR) is 137 cm³/mol. The number of unbranched alkanes of at least 4 members (excludes halogenated alkanes) is 4. The van der Waals surface area contributed by atoms with Crippen LogP contribution in [0.2, 0.25) is 0 Å². The van der Waals surface area contributed by atoms with E-state index in [2.05, 4.69) is 51.5 Å². The Hall–Kier alpha value is -3.16. The molecule has 0 saturated heterocycles. The van der Waals surface area contributed by atoms with Gasteiger partial charge in [0.2, 0.25) is 5.88 Å². The number of aromatic hydroxyl groups is 1. The molecule has 0 aliphatic carbocycles. The number of aliphatic carboxylic acids is 1. The molecule has 0 spiro atoms. The molecule has 3 rings (SSSR count). The second-order valence-electron chi connectivity index (χ2n) is 11.1. The topological polar surface area (TPSA) is 121 Å². The summed E-state index contributed by atoms with van der Waals surface area (Å²) < 4.78 is 6.03. The van der Waals surface area contributed by atoms with Gasteiger partial charge >= 0.3 is 5.97 Å². The van der Waals surface area contributed by atoms with Crippen LogP contribution in [0, 0.1) is 0 Å². The first-order valence-corrected chi connectivity index (χ1v) is 12.3. The fraction of sp³-hybridized carbons (Fsp3) is 0.556. The molecule has 2 aromatic heterocycles. The van der Waals surface area contributed by atoms with Crippen LogP contribution in [0.3, 0.4) is 0 Å². The van der Waals surface area contributed by atoms with Crippen molar-refractivity contribution in [1.82, 2.24) is 19.9 Å². The molecule has 3 aromatic rings. The summed E-state index contributed by atoms with van der Waals surface area (Å²) in [4.78, 5) is 27.4. The van der Waals surface area contributed by atoms with E-state index in [1.54, 1.807) is 6.33 Å². The van der Waals surface area contributed by atoms with E-state index in [0.717, 1.165) is 42.4 Å². The van der Waals surface area contributed by atoms with Crippen molar-refractivity contribution >= 4 is 17.1 Å². The minimum absolute atomic E-state index is 0.225. The number of carboxylic acid groups (broad SMARTS) is 1. The third-order valence-electron chi connectivity index (χ3n) is 6.00. The lowest BCUT2D eigenvalue weighted by atomic mass is 9.78. The van der Waals surface area contributed by atoms with Crippen molar-refractivity contribution in [3.05, 3.63) is 29.6 Å². The number of hydrogen-bond donors (Lipinski definition) is 3. The molecule has 3 N–H and O–H groups in total. The minimum Gasteiger partial charge on any atom is -0.507 e. The molecule has 0 amide bonds. The third kappa shape index (κ3) is 6.71. The Morgan fingerprint density at radius 3 is 2.14 bits per heavy atom. The molecule has 0 bridgehead atoms. The number of benzene rings is 1. The number of nitrogens with one attached hydrogen (secondary N) is 1. The number of aromatic nitrogens is 4. The molecule has 0 unspecified atom stereocenters. The zero-order valence-electron chi connectivity index (χ0n) is 21.7. The molecule has 2 heterocycles. The highest BCUT2D eigenvalue weighted by molar-refractivity contribution is 5.78. The van der Waals surface area contributed by atoms with Crippen LogP contribution in [0.5, 0.6) is 11.6 Å². The predicted octanol–water partition coefficient (Wildman–Crippen LogP) is 6.12. The Bertz CT molecular complexity index is 1140. The van der Waals surface area contributed by atoms with Crippen LogP contribution in [0.15, 0.2) is 18.5 Å². The molecule has 190 valence electrons. The standard InChI is InChI=1S/C27H38N4O4/c1-26(2,3)18-14-17(15-19(22(18)34)27(4,5)6)23-30-24-21(28-16-29-24)25(31-23)35-13-11-9-7-8-10-12-20(32)33/h14-16,34H,7-13H2,1-6H3,(H,32,33)(H,28,29,30,31). The van der Waals surface area contributed by atoms with Gasteiger partial charge in [-0.1, -0.05) is 60.8 Å². The number of H-pyrrole nitrogens is 1. The van der Waals surface area contributed by atoms with E-state index < -0.39 is 5.97 Å². The number of carbonyl (C=O) groups is 1. The lowest BCUT2D eigenvalue weighted by Crippen LogP contribution is -2.17. The molecule has 0 saturated carbocycles. The molecular weight excluding hydrogens is 444 g/mol. The number of phenols is 1. The average molecular weight is 483 g/mol. The Balaban J connectivity index is 1.85. The zero-order valence-corrected chi connectivity index (χ0v) is 21.7. The third-order valence-corrected chi connectivity index (χ3v) is 6.00. The summed E-state index contributed by atoms with van der Waals surface area (Å²) in [6.45, 7) is 13.0. The van der Waals surface area contributed by atoms with E-state index in [4.69, 9.17) is 19.8 Å². The monoisotopic (exact) mass is 482 g/mol. The molecule has 8 heteroatoms. The van der Waals surface area contributed by atoms with Crippen LogP contribution in [0.25, 0.3) is 22.6 Å². The zero-order chi connectivity index (χ0) is 25.8. The molecule has 0 atom stereocenters. The van der Waals surface area contributed by atoms with Gasteiger partial charge in [-0.25, -0.2) is 9.97 Å². The van der Waals surface area contributed by atoms with Gasteiger partial charge in [-0.2, -0.15) is 4.98 Å². The number of phenolic OH excluding ortho intramolecular Hbond substituents is 1. The normalized spacial score (nSPS) is 12.3. The van der Waals surface area contributed by atoms with Gasteiger partial charge in [-0.3, -0.25) is 4.79 Å². The number of imidazole rings is 1. The van der Waals surface area contributed by atoms with Gasteiger partial charge in [0.25, 0.3) is 0 Å². The highest BCUT2D eigenvalue weighted by Crippen LogP contribution is 2.41. The Labute approximate surface area is 207 Å². The van der Waals surface area contributed by atoms with Crippen molar-refractivity contribution in [2.75, 3.05) is 6.61 Å². The lowest BCUT2D eigenvalue weighted by molar-refractivity contribution is -0.137. The van der Waals surface area contributed by atoms with Crippen molar-refractivity contribution < 1.29 is 19.7 Å².